The van der Waals surface area contributed by atoms with Gasteiger partial charge in [0.15, 0.2) is 11.5 Å². The molecule has 33 heavy (non-hydrogen) atoms. The van der Waals surface area contributed by atoms with Crippen molar-refractivity contribution < 1.29 is 23.9 Å². The molecule has 1 unspecified atom stereocenters. The number of hydrogen-bond acceptors (Lipinski definition) is 5. The van der Waals surface area contributed by atoms with Crippen LogP contribution in [0.2, 0.25) is 0 Å². The van der Waals surface area contributed by atoms with Gasteiger partial charge in [-0.2, -0.15) is 0 Å². The van der Waals surface area contributed by atoms with Crippen LogP contribution in [0, 0.1) is 0 Å². The number of nitrogens with zero attached hydrogens (tertiary/aromatic N) is 1. The maximum absolute atomic E-state index is 13.6. The number of methoxy groups -OCH3 is 1. The van der Waals surface area contributed by atoms with Crippen LogP contribution in [0.15, 0.2) is 54.7 Å². The molecule has 0 saturated carbocycles. The number of Topliss-reactive ketones (excluding diaryl/α,β-unsaturated/α-hetero) is 1. The van der Waals surface area contributed by atoms with E-state index in [1.165, 1.54) is 11.8 Å². The zero-order valence-electron chi connectivity index (χ0n) is 18.9. The van der Waals surface area contributed by atoms with Gasteiger partial charge in [-0.3, -0.25) is 19.3 Å². The van der Waals surface area contributed by atoms with Crippen molar-refractivity contribution in [1.29, 1.82) is 0 Å². The number of H-pyrrole nitrogens is 1. The van der Waals surface area contributed by atoms with E-state index in [4.69, 9.17) is 9.47 Å². The Morgan fingerprint density at radius 1 is 1.06 bits per heavy atom. The lowest BCUT2D eigenvalue weighted by molar-refractivity contribution is -0.117. The van der Waals surface area contributed by atoms with E-state index in [0.29, 0.717) is 41.2 Å². The molecular formula is C26H26N2O5. The fourth-order valence-corrected chi connectivity index (χ4v) is 4.29. The molecule has 2 heterocycles. The molecule has 2 aromatic carbocycles. The van der Waals surface area contributed by atoms with Gasteiger partial charge in [0.1, 0.15) is 5.78 Å². The molecule has 1 aliphatic rings. The number of aromatic amines is 1. The SMILES string of the molecule is CCOc1cc(C(CC(C)=O)N2C(=O)c3cccc(Cc4ccc[nH]4)c3C2=O)ccc1OC. The molecule has 1 atom stereocenters. The first-order valence-electron chi connectivity index (χ1n) is 10.9. The number of imide groups is 1. The van der Waals surface area contributed by atoms with E-state index in [1.807, 2.05) is 31.3 Å². The van der Waals surface area contributed by atoms with Crippen molar-refractivity contribution in [2.75, 3.05) is 13.7 Å². The van der Waals surface area contributed by atoms with Crippen molar-refractivity contribution in [3.63, 3.8) is 0 Å². The monoisotopic (exact) mass is 446 g/mol. The van der Waals surface area contributed by atoms with Crippen LogP contribution in [0.4, 0.5) is 0 Å². The second kappa shape index (κ2) is 9.32. The lowest BCUT2D eigenvalue weighted by Gasteiger charge is -2.26. The number of carbonyl (C=O) groups excluding carboxylic acids is 3. The van der Waals surface area contributed by atoms with Gasteiger partial charge in [-0.1, -0.05) is 18.2 Å². The molecule has 3 aromatic rings. The van der Waals surface area contributed by atoms with Crippen LogP contribution < -0.4 is 9.47 Å². The van der Waals surface area contributed by atoms with Gasteiger partial charge in [0, 0.05) is 24.7 Å². The van der Waals surface area contributed by atoms with Crippen LogP contribution in [0.25, 0.3) is 0 Å². The molecule has 1 aliphatic heterocycles. The number of carbonyl (C=O) groups is 3. The Kier molecular flexibility index (Phi) is 6.31. The number of nitrogens with one attached hydrogen (secondary N) is 1. The number of ether oxygens (including phenoxy) is 2. The molecule has 0 aliphatic carbocycles. The highest BCUT2D eigenvalue weighted by atomic mass is 16.5. The van der Waals surface area contributed by atoms with Crippen molar-refractivity contribution in [1.82, 2.24) is 9.88 Å². The van der Waals surface area contributed by atoms with Crippen LogP contribution in [0.3, 0.4) is 0 Å². The van der Waals surface area contributed by atoms with E-state index in [1.54, 1.807) is 37.4 Å². The average Bonchev–Trinajstić information content (AvgIpc) is 3.39. The number of amides is 2. The topological polar surface area (TPSA) is 88.7 Å². The Morgan fingerprint density at radius 2 is 1.88 bits per heavy atom. The smallest absolute Gasteiger partial charge is 0.262 e. The third-order valence-electron chi connectivity index (χ3n) is 5.74. The van der Waals surface area contributed by atoms with Crippen LogP contribution in [-0.2, 0) is 11.2 Å². The van der Waals surface area contributed by atoms with Crippen molar-refractivity contribution in [3.8, 4) is 11.5 Å². The Morgan fingerprint density at radius 3 is 2.55 bits per heavy atom. The van der Waals surface area contributed by atoms with Crippen molar-refractivity contribution in [2.45, 2.75) is 32.7 Å². The van der Waals surface area contributed by atoms with Gasteiger partial charge >= 0.3 is 0 Å². The Balaban J connectivity index is 1.76. The first-order chi connectivity index (χ1) is 15.9. The molecule has 1 aromatic heterocycles. The van der Waals surface area contributed by atoms with Crippen LogP contribution in [-0.4, -0.2) is 41.2 Å². The maximum Gasteiger partial charge on any atom is 0.262 e. The summed E-state index contributed by atoms with van der Waals surface area (Å²) in [4.78, 5) is 43.6. The number of fused-ring (bicyclic) bond motifs is 1. The summed E-state index contributed by atoms with van der Waals surface area (Å²) in [5.74, 6) is 0.116. The summed E-state index contributed by atoms with van der Waals surface area (Å²) in [5, 5.41) is 0. The minimum absolute atomic E-state index is 0.00925. The van der Waals surface area contributed by atoms with Gasteiger partial charge in [0.05, 0.1) is 30.9 Å². The summed E-state index contributed by atoms with van der Waals surface area (Å²) < 4.78 is 11.0. The second-order valence-electron chi connectivity index (χ2n) is 7.96. The summed E-state index contributed by atoms with van der Waals surface area (Å²) in [7, 11) is 1.54. The lowest BCUT2D eigenvalue weighted by atomic mass is 9.98. The van der Waals surface area contributed by atoms with E-state index in [0.717, 1.165) is 11.3 Å². The number of ketones is 1. The third kappa shape index (κ3) is 4.26. The Labute approximate surface area is 192 Å². The summed E-state index contributed by atoms with van der Waals surface area (Å²) in [6, 6.07) is 13.6. The highest BCUT2D eigenvalue weighted by Gasteiger charge is 2.42. The number of hydrogen-bond donors (Lipinski definition) is 1. The molecule has 7 nitrogen and oxygen atoms in total. The first kappa shape index (κ1) is 22.3. The third-order valence-corrected chi connectivity index (χ3v) is 5.74. The summed E-state index contributed by atoms with van der Waals surface area (Å²) in [5.41, 5.74) is 3.09. The van der Waals surface area contributed by atoms with E-state index in [2.05, 4.69) is 4.98 Å². The summed E-state index contributed by atoms with van der Waals surface area (Å²) in [6.45, 7) is 3.73. The highest BCUT2D eigenvalue weighted by molar-refractivity contribution is 6.22. The molecule has 0 radical (unpaired) electrons. The molecule has 0 bridgehead atoms. The zero-order valence-corrected chi connectivity index (χ0v) is 18.9. The maximum atomic E-state index is 13.6. The lowest BCUT2D eigenvalue weighted by Crippen LogP contribution is -2.35. The predicted octanol–water partition coefficient (Wildman–Crippen LogP) is 4.33. The summed E-state index contributed by atoms with van der Waals surface area (Å²) in [6.07, 6.45) is 2.33. The van der Waals surface area contributed by atoms with E-state index in [9.17, 15) is 14.4 Å². The Bertz CT molecular complexity index is 1200. The van der Waals surface area contributed by atoms with Crippen LogP contribution in [0.5, 0.6) is 11.5 Å². The molecular weight excluding hydrogens is 420 g/mol. The molecule has 0 spiro atoms. The fourth-order valence-electron chi connectivity index (χ4n) is 4.29. The fraction of sp³-hybridized carbons (Fsp3) is 0.269. The van der Waals surface area contributed by atoms with Gasteiger partial charge in [-0.05, 0) is 55.3 Å². The second-order valence-corrected chi connectivity index (χ2v) is 7.96. The van der Waals surface area contributed by atoms with Gasteiger partial charge in [0.2, 0.25) is 0 Å². The molecule has 2 amide bonds. The van der Waals surface area contributed by atoms with E-state index in [-0.39, 0.29) is 12.2 Å². The van der Waals surface area contributed by atoms with Gasteiger partial charge in [-0.15, -0.1) is 0 Å². The van der Waals surface area contributed by atoms with Crippen molar-refractivity contribution in [2.24, 2.45) is 0 Å². The minimum atomic E-state index is -0.752. The van der Waals surface area contributed by atoms with Crippen LogP contribution >= 0.6 is 0 Å². The molecule has 1 N–H and O–H groups in total. The van der Waals surface area contributed by atoms with Crippen molar-refractivity contribution in [3.05, 3.63) is 82.7 Å². The van der Waals surface area contributed by atoms with E-state index < -0.39 is 17.9 Å². The average molecular weight is 447 g/mol. The Hall–Kier alpha value is -3.87. The van der Waals surface area contributed by atoms with Gasteiger partial charge in [-0.25, -0.2) is 0 Å². The molecule has 7 heteroatoms. The van der Waals surface area contributed by atoms with Crippen LogP contribution in [0.1, 0.15) is 63.8 Å². The van der Waals surface area contributed by atoms with E-state index >= 15 is 0 Å². The molecule has 0 saturated heterocycles. The molecule has 0 fully saturated rings. The normalized spacial score (nSPS) is 13.7. The highest BCUT2D eigenvalue weighted by Crippen LogP contribution is 2.38. The standard InChI is InChI=1S/C26H26N2O5/c1-4-33-23-15-17(10-11-22(23)32-3)21(13-16(2)29)28-25(30)20-9-5-7-18(24(20)26(28)31)14-19-8-6-12-27-19/h5-12,15,21,27H,4,13-14H2,1-3H3. The number of rotatable bonds is 9. The quantitative estimate of drug-likeness (QED) is 0.494. The van der Waals surface area contributed by atoms with Crippen molar-refractivity contribution >= 4 is 17.6 Å². The number of benzene rings is 2. The predicted molar refractivity (Wildman–Crippen MR) is 123 cm³/mol. The zero-order chi connectivity index (χ0) is 23.5. The van der Waals surface area contributed by atoms with Gasteiger partial charge < -0.3 is 14.5 Å². The largest absolute Gasteiger partial charge is 0.493 e. The van der Waals surface area contributed by atoms with Gasteiger partial charge in [0.25, 0.3) is 11.8 Å². The molecule has 170 valence electrons. The molecule has 4 rings (SSSR count). The number of aromatic nitrogens is 1. The first-order valence-corrected chi connectivity index (χ1v) is 10.9. The summed E-state index contributed by atoms with van der Waals surface area (Å²) >= 11 is 0. The minimum Gasteiger partial charge on any atom is -0.493 e.